The van der Waals surface area contributed by atoms with Gasteiger partial charge in [-0.15, -0.1) is 0 Å². The van der Waals surface area contributed by atoms with Crippen LogP contribution in [0.5, 0.6) is 17.2 Å². The van der Waals surface area contributed by atoms with Gasteiger partial charge in [-0.3, -0.25) is 19.4 Å². The van der Waals surface area contributed by atoms with Gasteiger partial charge < -0.3 is 35.9 Å². The topological polar surface area (TPSA) is 159 Å². The van der Waals surface area contributed by atoms with E-state index in [1.165, 1.54) is 11.6 Å². The maximum absolute atomic E-state index is 13.4. The van der Waals surface area contributed by atoms with Gasteiger partial charge in [0, 0.05) is 19.0 Å². The summed E-state index contributed by atoms with van der Waals surface area (Å²) in [6.45, 7) is 9.45. The summed E-state index contributed by atoms with van der Waals surface area (Å²) in [5.74, 6) is 0.466. The molecule has 0 saturated carbocycles. The van der Waals surface area contributed by atoms with Crippen LogP contribution in [0, 0.1) is 0 Å². The van der Waals surface area contributed by atoms with E-state index in [4.69, 9.17) is 25.7 Å². The molecule has 49 heavy (non-hydrogen) atoms. The molecule has 0 saturated heterocycles. The number of rotatable bonds is 22. The normalized spacial score (nSPS) is 11.4. The van der Waals surface area contributed by atoms with Gasteiger partial charge in [-0.25, -0.2) is 0 Å². The lowest BCUT2D eigenvalue weighted by molar-refractivity contribution is -0.129. The van der Waals surface area contributed by atoms with Crippen LogP contribution < -0.4 is 31.0 Å². The zero-order valence-electron chi connectivity index (χ0n) is 29.8. The Kier molecular flexibility index (Phi) is 18.0. The van der Waals surface area contributed by atoms with Crippen LogP contribution in [-0.4, -0.2) is 81.4 Å². The largest absolute Gasteiger partial charge is 0.490 e. The molecular formula is C38H53N5O6. The summed E-state index contributed by atoms with van der Waals surface area (Å²) in [4.78, 5) is 45.4. The van der Waals surface area contributed by atoms with Crippen molar-refractivity contribution in [2.75, 3.05) is 47.0 Å². The lowest BCUT2D eigenvalue weighted by atomic mass is 10.0. The molecule has 11 heteroatoms. The third kappa shape index (κ3) is 17.2. The highest BCUT2D eigenvalue weighted by Gasteiger charge is 2.21. The minimum Gasteiger partial charge on any atom is -0.490 e. The zero-order valence-corrected chi connectivity index (χ0v) is 29.8. The number of ketones is 2. The second kappa shape index (κ2) is 21.9. The number of ether oxygens (including phenoxy) is 3. The highest BCUT2D eigenvalue weighted by atomic mass is 16.5. The fraction of sp³-hybridized carbons (Fsp3) is 0.421. The van der Waals surface area contributed by atoms with E-state index in [2.05, 4.69) is 10.3 Å². The van der Waals surface area contributed by atoms with E-state index in [-0.39, 0.29) is 28.8 Å². The Hall–Kier alpha value is -4.90. The smallest absolute Gasteiger partial charge is 0.258 e. The van der Waals surface area contributed by atoms with Crippen LogP contribution >= 0.6 is 0 Å². The average Bonchev–Trinajstić information content (AvgIpc) is 3.04. The number of carbonyl (C=O) groups excluding carboxylic acids is 3. The van der Waals surface area contributed by atoms with Crippen LogP contribution in [-0.2, 0) is 9.59 Å². The van der Waals surface area contributed by atoms with Crippen molar-refractivity contribution in [3.8, 4) is 17.2 Å². The molecule has 0 spiro atoms. The first-order chi connectivity index (χ1) is 23.3. The van der Waals surface area contributed by atoms with Gasteiger partial charge in [0.2, 0.25) is 0 Å². The summed E-state index contributed by atoms with van der Waals surface area (Å²) in [6.07, 6.45) is 8.92. The molecule has 2 aromatic carbocycles. The quantitative estimate of drug-likeness (QED) is 0.0386. The predicted octanol–water partition coefficient (Wildman–Crippen LogP) is 5.10. The minimum atomic E-state index is -0.723. The maximum atomic E-state index is 13.4. The molecule has 2 aromatic rings. The van der Waals surface area contributed by atoms with E-state index in [0.717, 1.165) is 23.4 Å². The fourth-order valence-electron chi connectivity index (χ4n) is 4.40. The van der Waals surface area contributed by atoms with Gasteiger partial charge in [0.05, 0.1) is 11.6 Å². The number of nitrogens with two attached hydrogens (primary N) is 2. The molecule has 5 N–H and O–H groups in total. The zero-order chi connectivity index (χ0) is 36.2. The van der Waals surface area contributed by atoms with Crippen LogP contribution in [0.3, 0.4) is 0 Å². The molecule has 0 aliphatic rings. The number of Topliss-reactive ketones (excluding diaryl/α,β-unsaturated/α-hetero) is 1. The third-order valence-corrected chi connectivity index (χ3v) is 7.07. The number of allylic oxidation sites excluding steroid dienone is 3. The Balaban J connectivity index is 2.19. The van der Waals surface area contributed by atoms with Crippen molar-refractivity contribution in [2.24, 2.45) is 16.5 Å². The summed E-state index contributed by atoms with van der Waals surface area (Å²) in [5, 5.41) is 2.80. The van der Waals surface area contributed by atoms with Crippen LogP contribution in [0.25, 0.3) is 6.08 Å². The third-order valence-electron chi connectivity index (χ3n) is 7.07. The monoisotopic (exact) mass is 675 g/mol. The van der Waals surface area contributed by atoms with Crippen LogP contribution in [0.4, 0.5) is 0 Å². The Morgan fingerprint density at radius 2 is 1.51 bits per heavy atom. The minimum absolute atomic E-state index is 0.0308. The summed E-state index contributed by atoms with van der Waals surface area (Å²) in [5.41, 5.74) is 14.2. The Morgan fingerprint density at radius 1 is 0.878 bits per heavy atom. The van der Waals surface area contributed by atoms with Gasteiger partial charge in [0.1, 0.15) is 30.5 Å². The highest BCUT2D eigenvalue weighted by Crippen LogP contribution is 2.26. The van der Waals surface area contributed by atoms with Crippen molar-refractivity contribution < 1.29 is 28.6 Å². The summed E-state index contributed by atoms with van der Waals surface area (Å²) < 4.78 is 17.4. The van der Waals surface area contributed by atoms with E-state index in [1.54, 1.807) is 24.3 Å². The molecule has 0 aliphatic heterocycles. The summed E-state index contributed by atoms with van der Waals surface area (Å²) >= 11 is 0. The van der Waals surface area contributed by atoms with E-state index in [1.807, 2.05) is 83.1 Å². The number of nitrogens with zero attached hydrogens (tertiary/aromatic N) is 2. The van der Waals surface area contributed by atoms with Crippen molar-refractivity contribution in [2.45, 2.75) is 59.4 Å². The Labute approximate surface area is 291 Å². The molecule has 0 aromatic heterocycles. The lowest BCUT2D eigenvalue weighted by Crippen LogP contribution is -2.43. The van der Waals surface area contributed by atoms with E-state index < -0.39 is 18.6 Å². The number of amides is 1. The summed E-state index contributed by atoms with van der Waals surface area (Å²) in [7, 11) is 3.88. The second-order valence-electron chi connectivity index (χ2n) is 12.3. The molecule has 1 amide bonds. The first-order valence-corrected chi connectivity index (χ1v) is 16.5. The van der Waals surface area contributed by atoms with Gasteiger partial charge in [-0.05, 0) is 116 Å². The molecule has 2 rings (SSSR count). The van der Waals surface area contributed by atoms with Crippen molar-refractivity contribution in [1.29, 1.82) is 0 Å². The standard InChI is InChI=1S/C38H53N5O6/c1-27(2)19-23-47-30-14-11-29(12-15-30)13-18-34(44)32-17-16-31(48-24-20-28(3)4)25-36(32)49-26-37(46)42-33(9-7-21-41-38(39)40)35(45)10-8-22-43(5)6/h11-20,25,33H,7-10,21-24,26H2,1-6H3,(H,42,46)(H4,39,40,41)/b18-13+/t33-/m0/s1. The molecule has 11 nitrogen and oxygen atoms in total. The van der Waals surface area contributed by atoms with E-state index in [0.29, 0.717) is 51.2 Å². The number of guanidine groups is 1. The van der Waals surface area contributed by atoms with Crippen LogP contribution in [0.2, 0.25) is 0 Å². The molecule has 0 heterocycles. The number of hydrogen-bond donors (Lipinski definition) is 3. The number of benzene rings is 2. The van der Waals surface area contributed by atoms with Crippen molar-refractivity contribution >= 4 is 29.5 Å². The first-order valence-electron chi connectivity index (χ1n) is 16.5. The van der Waals surface area contributed by atoms with Gasteiger partial charge in [-0.1, -0.05) is 29.4 Å². The molecule has 0 unspecified atom stereocenters. The number of aliphatic imine (C=N–C) groups is 1. The fourth-order valence-corrected chi connectivity index (χ4v) is 4.40. The molecular weight excluding hydrogens is 622 g/mol. The highest BCUT2D eigenvalue weighted by molar-refractivity contribution is 6.08. The molecule has 0 aliphatic carbocycles. The van der Waals surface area contributed by atoms with Crippen LogP contribution in [0.15, 0.2) is 76.8 Å². The van der Waals surface area contributed by atoms with Crippen molar-refractivity contribution in [3.05, 3.63) is 83.0 Å². The van der Waals surface area contributed by atoms with Crippen molar-refractivity contribution in [3.63, 3.8) is 0 Å². The molecule has 1 atom stereocenters. The van der Waals surface area contributed by atoms with Crippen molar-refractivity contribution in [1.82, 2.24) is 10.2 Å². The Morgan fingerprint density at radius 3 is 2.12 bits per heavy atom. The maximum Gasteiger partial charge on any atom is 0.258 e. The number of hydrogen-bond acceptors (Lipinski definition) is 8. The van der Waals surface area contributed by atoms with E-state index in [9.17, 15) is 14.4 Å². The molecule has 0 bridgehead atoms. The second-order valence-corrected chi connectivity index (χ2v) is 12.3. The first kappa shape index (κ1) is 40.3. The van der Waals surface area contributed by atoms with Gasteiger partial charge >= 0.3 is 0 Å². The number of carbonyl (C=O) groups is 3. The molecule has 0 radical (unpaired) electrons. The van der Waals surface area contributed by atoms with E-state index >= 15 is 0 Å². The lowest BCUT2D eigenvalue weighted by Gasteiger charge is -2.19. The predicted molar refractivity (Wildman–Crippen MR) is 196 cm³/mol. The van der Waals surface area contributed by atoms with Crippen LogP contribution in [0.1, 0.15) is 69.3 Å². The molecule has 0 fully saturated rings. The van der Waals surface area contributed by atoms with Gasteiger partial charge in [-0.2, -0.15) is 0 Å². The average molecular weight is 676 g/mol. The molecule has 266 valence electrons. The summed E-state index contributed by atoms with van der Waals surface area (Å²) in [6, 6.07) is 11.6. The SMILES string of the molecule is CC(C)=CCOc1ccc(/C=C/C(=O)c2ccc(OCC=C(C)C)cc2OCC(=O)N[C@@H](CCCN=C(N)N)C(=O)CCCN(C)C)cc1. The van der Waals surface area contributed by atoms with Gasteiger partial charge in [0.15, 0.2) is 24.1 Å². The number of nitrogens with one attached hydrogen (secondary N) is 1. The van der Waals surface area contributed by atoms with Gasteiger partial charge in [0.25, 0.3) is 5.91 Å². The Bertz CT molecular complexity index is 1480.